The smallest absolute Gasteiger partial charge is 0.226 e. The van der Waals surface area contributed by atoms with Crippen molar-refractivity contribution in [1.82, 2.24) is 14.9 Å². The monoisotopic (exact) mass is 342 g/mol. The molecule has 0 unspecified atom stereocenters. The van der Waals surface area contributed by atoms with Crippen molar-refractivity contribution in [2.75, 3.05) is 31.1 Å². The molecule has 1 aromatic carbocycles. The Hall–Kier alpha value is -2.14. The van der Waals surface area contributed by atoms with Gasteiger partial charge in [-0.25, -0.2) is 9.97 Å². The average Bonchev–Trinajstić information content (AvgIpc) is 3.43. The quantitative estimate of drug-likeness (QED) is 0.804. The van der Waals surface area contributed by atoms with E-state index in [4.69, 9.17) is 11.6 Å². The summed E-state index contributed by atoms with van der Waals surface area (Å²) in [5, 5.41) is 0.446. The second kappa shape index (κ2) is 6.40. The molecule has 1 amide bonds. The number of anilines is 1. The average molecular weight is 343 g/mol. The Morgan fingerprint density at radius 3 is 2.54 bits per heavy atom. The molecule has 0 radical (unpaired) electrons. The van der Waals surface area contributed by atoms with Crippen LogP contribution in [0.3, 0.4) is 0 Å². The maximum absolute atomic E-state index is 12.7. The lowest BCUT2D eigenvalue weighted by Crippen LogP contribution is -2.49. The fraction of sp³-hybridized carbons (Fsp3) is 0.389. The van der Waals surface area contributed by atoms with Crippen LogP contribution in [0.4, 0.5) is 5.82 Å². The van der Waals surface area contributed by atoms with E-state index in [9.17, 15) is 4.79 Å². The molecule has 1 aromatic heterocycles. The highest BCUT2D eigenvalue weighted by Gasteiger charge is 2.46. The molecule has 2 aliphatic rings. The first-order valence-corrected chi connectivity index (χ1v) is 8.66. The highest BCUT2D eigenvalue weighted by atomic mass is 35.5. The van der Waals surface area contributed by atoms with Gasteiger partial charge in [-0.2, -0.15) is 0 Å². The molecule has 0 N–H and O–H groups in total. The molecule has 2 aromatic rings. The number of hydrogen-bond donors (Lipinski definition) is 0. The number of carbonyl (C=O) groups is 1. The SMILES string of the molecule is O=C([C@H]1C[C@@H]1c1ccccc1)N1CCN(c2cc(Cl)ncn2)CC1. The van der Waals surface area contributed by atoms with Crippen molar-refractivity contribution in [2.24, 2.45) is 5.92 Å². The van der Waals surface area contributed by atoms with Crippen LogP contribution in [0.2, 0.25) is 5.15 Å². The standard InChI is InChI=1S/C18H19ClN4O/c19-16-11-17(21-12-20-16)22-6-8-23(9-7-22)18(24)15-10-14(15)13-4-2-1-3-5-13/h1-5,11-12,14-15H,6-10H2/t14-,15+/m1/s1. The highest BCUT2D eigenvalue weighted by molar-refractivity contribution is 6.29. The molecule has 2 heterocycles. The summed E-state index contributed by atoms with van der Waals surface area (Å²) >= 11 is 5.92. The normalized spacial score (nSPS) is 23.2. The van der Waals surface area contributed by atoms with Gasteiger partial charge in [-0.1, -0.05) is 41.9 Å². The first kappa shape index (κ1) is 15.4. The molecule has 0 spiro atoms. The fourth-order valence-electron chi connectivity index (χ4n) is 3.42. The second-order valence-electron chi connectivity index (χ2n) is 6.37. The first-order valence-electron chi connectivity index (χ1n) is 8.28. The minimum Gasteiger partial charge on any atom is -0.353 e. The summed E-state index contributed by atoms with van der Waals surface area (Å²) in [5.41, 5.74) is 1.28. The van der Waals surface area contributed by atoms with Crippen molar-refractivity contribution >= 4 is 23.3 Å². The van der Waals surface area contributed by atoms with Crippen LogP contribution in [-0.4, -0.2) is 47.0 Å². The maximum Gasteiger partial charge on any atom is 0.226 e. The van der Waals surface area contributed by atoms with Gasteiger partial charge in [0.2, 0.25) is 5.91 Å². The molecular weight excluding hydrogens is 324 g/mol. The summed E-state index contributed by atoms with van der Waals surface area (Å²) < 4.78 is 0. The lowest BCUT2D eigenvalue weighted by atomic mass is 10.1. The van der Waals surface area contributed by atoms with Gasteiger partial charge in [0.25, 0.3) is 0 Å². The fourth-order valence-corrected chi connectivity index (χ4v) is 3.57. The largest absolute Gasteiger partial charge is 0.353 e. The van der Waals surface area contributed by atoms with E-state index in [0.717, 1.165) is 38.4 Å². The Balaban J connectivity index is 1.34. The van der Waals surface area contributed by atoms with Crippen LogP contribution in [0, 0.1) is 5.92 Å². The lowest BCUT2D eigenvalue weighted by molar-refractivity contribution is -0.133. The maximum atomic E-state index is 12.7. The molecule has 1 aliphatic carbocycles. The van der Waals surface area contributed by atoms with Crippen LogP contribution in [0.5, 0.6) is 0 Å². The highest BCUT2D eigenvalue weighted by Crippen LogP contribution is 2.48. The molecule has 2 fully saturated rings. The number of benzene rings is 1. The van der Waals surface area contributed by atoms with Crippen LogP contribution in [-0.2, 0) is 4.79 Å². The molecular formula is C18H19ClN4O. The molecule has 1 aliphatic heterocycles. The Morgan fingerprint density at radius 1 is 1.08 bits per heavy atom. The topological polar surface area (TPSA) is 49.3 Å². The van der Waals surface area contributed by atoms with Crippen molar-refractivity contribution in [3.8, 4) is 0 Å². The van der Waals surface area contributed by atoms with E-state index in [2.05, 4.69) is 27.0 Å². The lowest BCUT2D eigenvalue weighted by Gasteiger charge is -2.35. The minimum atomic E-state index is 0.160. The molecule has 6 heteroatoms. The van der Waals surface area contributed by atoms with E-state index in [1.807, 2.05) is 23.1 Å². The zero-order chi connectivity index (χ0) is 16.5. The predicted octanol–water partition coefficient (Wildman–Crippen LogP) is 2.58. The summed E-state index contributed by atoms with van der Waals surface area (Å²) in [5.74, 6) is 1.68. The van der Waals surface area contributed by atoms with Crippen LogP contribution in [0.25, 0.3) is 0 Å². The van der Waals surface area contributed by atoms with Crippen molar-refractivity contribution < 1.29 is 4.79 Å². The Kier molecular flexibility index (Phi) is 4.10. The van der Waals surface area contributed by atoms with E-state index >= 15 is 0 Å². The van der Waals surface area contributed by atoms with Crippen LogP contribution < -0.4 is 4.90 Å². The third kappa shape index (κ3) is 3.08. The molecule has 24 heavy (non-hydrogen) atoms. The van der Waals surface area contributed by atoms with E-state index in [1.54, 1.807) is 6.07 Å². The minimum absolute atomic E-state index is 0.160. The van der Waals surface area contributed by atoms with Gasteiger partial charge in [0.05, 0.1) is 0 Å². The first-order chi connectivity index (χ1) is 11.7. The molecule has 5 nitrogen and oxygen atoms in total. The van der Waals surface area contributed by atoms with Gasteiger partial charge in [-0.3, -0.25) is 4.79 Å². The zero-order valence-electron chi connectivity index (χ0n) is 13.3. The second-order valence-corrected chi connectivity index (χ2v) is 6.76. The summed E-state index contributed by atoms with van der Waals surface area (Å²) in [6, 6.07) is 12.1. The third-order valence-electron chi connectivity index (χ3n) is 4.87. The van der Waals surface area contributed by atoms with Crippen LogP contribution in [0.15, 0.2) is 42.7 Å². The van der Waals surface area contributed by atoms with Gasteiger partial charge in [-0.05, 0) is 17.9 Å². The Labute approximate surface area is 146 Å². The summed E-state index contributed by atoms with van der Waals surface area (Å²) in [4.78, 5) is 25.0. The number of amides is 1. The van der Waals surface area contributed by atoms with Gasteiger partial charge < -0.3 is 9.80 Å². The van der Waals surface area contributed by atoms with Crippen LogP contribution >= 0.6 is 11.6 Å². The molecule has 0 bridgehead atoms. The molecule has 124 valence electrons. The van der Waals surface area contributed by atoms with E-state index in [0.29, 0.717) is 17.0 Å². The van der Waals surface area contributed by atoms with Gasteiger partial charge >= 0.3 is 0 Å². The summed E-state index contributed by atoms with van der Waals surface area (Å²) in [7, 11) is 0. The molecule has 1 saturated heterocycles. The number of halogens is 1. The molecule has 1 saturated carbocycles. The number of rotatable bonds is 3. The number of piperazine rings is 1. The zero-order valence-corrected chi connectivity index (χ0v) is 14.1. The van der Waals surface area contributed by atoms with E-state index in [-0.39, 0.29) is 5.92 Å². The number of nitrogens with zero attached hydrogens (tertiary/aromatic N) is 4. The van der Waals surface area contributed by atoms with Crippen LogP contribution in [0.1, 0.15) is 17.9 Å². The third-order valence-corrected chi connectivity index (χ3v) is 5.08. The Morgan fingerprint density at radius 2 is 1.83 bits per heavy atom. The number of hydrogen-bond acceptors (Lipinski definition) is 4. The van der Waals surface area contributed by atoms with E-state index in [1.165, 1.54) is 11.9 Å². The summed E-state index contributed by atoms with van der Waals surface area (Å²) in [6.07, 6.45) is 2.45. The summed E-state index contributed by atoms with van der Waals surface area (Å²) in [6.45, 7) is 3.03. The van der Waals surface area contributed by atoms with Crippen molar-refractivity contribution in [1.29, 1.82) is 0 Å². The van der Waals surface area contributed by atoms with Crippen molar-refractivity contribution in [3.63, 3.8) is 0 Å². The molecule has 4 rings (SSSR count). The van der Waals surface area contributed by atoms with Gasteiger partial charge in [0, 0.05) is 38.2 Å². The van der Waals surface area contributed by atoms with Crippen molar-refractivity contribution in [2.45, 2.75) is 12.3 Å². The van der Waals surface area contributed by atoms with Gasteiger partial charge in [-0.15, -0.1) is 0 Å². The van der Waals surface area contributed by atoms with Gasteiger partial charge in [0.1, 0.15) is 17.3 Å². The van der Waals surface area contributed by atoms with Gasteiger partial charge in [0.15, 0.2) is 0 Å². The van der Waals surface area contributed by atoms with Crippen molar-refractivity contribution in [3.05, 3.63) is 53.4 Å². The number of aromatic nitrogens is 2. The molecule has 2 atom stereocenters. The number of carbonyl (C=O) groups excluding carboxylic acids is 1. The predicted molar refractivity (Wildman–Crippen MR) is 93.1 cm³/mol. The Bertz CT molecular complexity index is 731. The van der Waals surface area contributed by atoms with E-state index < -0.39 is 0 Å².